The third-order valence-corrected chi connectivity index (χ3v) is 4.08. The number of rotatable bonds is 1. The van der Waals surface area contributed by atoms with Crippen molar-refractivity contribution in [1.29, 1.82) is 0 Å². The zero-order chi connectivity index (χ0) is 11.5. The molecular formula is C12H23N3O. The van der Waals surface area contributed by atoms with Gasteiger partial charge in [0.1, 0.15) is 0 Å². The second-order valence-corrected chi connectivity index (χ2v) is 5.10. The molecule has 2 rings (SSSR count). The van der Waals surface area contributed by atoms with Crippen molar-refractivity contribution in [2.75, 3.05) is 33.7 Å². The second kappa shape index (κ2) is 5.04. The molecule has 4 nitrogen and oxygen atoms in total. The number of nitrogens with one attached hydrogen (secondary N) is 1. The van der Waals surface area contributed by atoms with Crippen molar-refractivity contribution in [3.63, 3.8) is 0 Å². The molecule has 2 aliphatic heterocycles. The Kier molecular flexibility index (Phi) is 3.69. The molecule has 0 aromatic heterocycles. The predicted molar refractivity (Wildman–Crippen MR) is 64.4 cm³/mol. The van der Waals surface area contributed by atoms with Gasteiger partial charge in [-0.1, -0.05) is 0 Å². The highest BCUT2D eigenvalue weighted by molar-refractivity contribution is 5.74. The van der Waals surface area contributed by atoms with Crippen LogP contribution in [0.25, 0.3) is 0 Å². The van der Waals surface area contributed by atoms with Gasteiger partial charge in [0, 0.05) is 19.6 Å². The topological polar surface area (TPSA) is 35.6 Å². The Morgan fingerprint density at radius 2 is 1.88 bits per heavy atom. The van der Waals surface area contributed by atoms with Gasteiger partial charge in [-0.25, -0.2) is 4.79 Å². The Labute approximate surface area is 98.0 Å². The van der Waals surface area contributed by atoms with Crippen LogP contribution in [0.5, 0.6) is 0 Å². The number of hydrogen-bond donors (Lipinski definition) is 1. The highest BCUT2D eigenvalue weighted by atomic mass is 16.2. The lowest BCUT2D eigenvalue weighted by molar-refractivity contribution is 0.133. The quantitative estimate of drug-likeness (QED) is 0.726. The van der Waals surface area contributed by atoms with Crippen molar-refractivity contribution in [3.05, 3.63) is 0 Å². The normalized spacial score (nSPS) is 28.4. The van der Waals surface area contributed by atoms with Crippen molar-refractivity contribution < 1.29 is 4.79 Å². The highest BCUT2D eigenvalue weighted by Crippen LogP contribution is 2.30. The van der Waals surface area contributed by atoms with E-state index in [-0.39, 0.29) is 6.03 Å². The molecule has 2 aliphatic rings. The Morgan fingerprint density at radius 1 is 1.19 bits per heavy atom. The van der Waals surface area contributed by atoms with Gasteiger partial charge in [0.25, 0.3) is 0 Å². The largest absolute Gasteiger partial charge is 0.341 e. The first-order valence-corrected chi connectivity index (χ1v) is 6.39. The van der Waals surface area contributed by atoms with Crippen LogP contribution in [0.1, 0.15) is 25.7 Å². The molecule has 16 heavy (non-hydrogen) atoms. The smallest absolute Gasteiger partial charge is 0.317 e. The summed E-state index contributed by atoms with van der Waals surface area (Å²) in [5.41, 5.74) is 0. The van der Waals surface area contributed by atoms with Crippen LogP contribution in [0, 0.1) is 5.92 Å². The van der Waals surface area contributed by atoms with Gasteiger partial charge in [-0.3, -0.25) is 0 Å². The molecule has 0 aliphatic carbocycles. The van der Waals surface area contributed by atoms with E-state index in [1.165, 1.54) is 38.8 Å². The van der Waals surface area contributed by atoms with E-state index in [0.717, 1.165) is 12.5 Å². The minimum absolute atomic E-state index is 0.112. The molecule has 2 fully saturated rings. The maximum absolute atomic E-state index is 11.7. The maximum Gasteiger partial charge on any atom is 0.317 e. The van der Waals surface area contributed by atoms with Gasteiger partial charge in [-0.05, 0) is 51.7 Å². The van der Waals surface area contributed by atoms with Gasteiger partial charge in [-0.2, -0.15) is 0 Å². The monoisotopic (exact) mass is 225 g/mol. The Morgan fingerprint density at radius 3 is 2.50 bits per heavy atom. The third-order valence-electron chi connectivity index (χ3n) is 4.08. The lowest BCUT2D eigenvalue weighted by atomic mass is 9.88. The van der Waals surface area contributed by atoms with Crippen molar-refractivity contribution in [3.8, 4) is 0 Å². The van der Waals surface area contributed by atoms with Crippen LogP contribution in [-0.4, -0.2) is 55.6 Å². The number of likely N-dealkylation sites (tertiary alicyclic amines) is 2. The van der Waals surface area contributed by atoms with E-state index >= 15 is 0 Å². The minimum Gasteiger partial charge on any atom is -0.341 e. The number of hydrogen-bond acceptors (Lipinski definition) is 2. The lowest BCUT2D eigenvalue weighted by Gasteiger charge is -2.36. The molecule has 0 aromatic rings. The number of carbonyl (C=O) groups is 1. The molecule has 0 spiro atoms. The van der Waals surface area contributed by atoms with Crippen LogP contribution in [0.3, 0.4) is 0 Å². The second-order valence-electron chi connectivity index (χ2n) is 5.10. The summed E-state index contributed by atoms with van der Waals surface area (Å²) in [6.07, 6.45) is 4.86. The summed E-state index contributed by atoms with van der Waals surface area (Å²) in [7, 11) is 3.91. The van der Waals surface area contributed by atoms with Crippen LogP contribution in [0.2, 0.25) is 0 Å². The van der Waals surface area contributed by atoms with Crippen LogP contribution in [-0.2, 0) is 0 Å². The summed E-state index contributed by atoms with van der Waals surface area (Å²) in [6, 6.07) is 0.607. The fourth-order valence-electron chi connectivity index (χ4n) is 3.09. The van der Waals surface area contributed by atoms with Gasteiger partial charge in [0.15, 0.2) is 0 Å². The number of urea groups is 1. The van der Waals surface area contributed by atoms with Gasteiger partial charge < -0.3 is 15.1 Å². The third kappa shape index (κ3) is 2.32. The maximum atomic E-state index is 11.7. The minimum atomic E-state index is 0.112. The van der Waals surface area contributed by atoms with E-state index in [9.17, 15) is 4.79 Å². The molecule has 0 saturated carbocycles. The van der Waals surface area contributed by atoms with E-state index in [4.69, 9.17) is 0 Å². The van der Waals surface area contributed by atoms with Crippen molar-refractivity contribution in [1.82, 2.24) is 15.1 Å². The average Bonchev–Trinajstić information content (AvgIpc) is 2.78. The van der Waals surface area contributed by atoms with Crippen LogP contribution in [0.15, 0.2) is 0 Å². The molecule has 92 valence electrons. The van der Waals surface area contributed by atoms with Crippen LogP contribution < -0.4 is 5.32 Å². The first-order chi connectivity index (χ1) is 7.72. The molecule has 0 aromatic carbocycles. The number of nitrogens with zero attached hydrogens (tertiary/aromatic N) is 2. The van der Waals surface area contributed by atoms with Crippen LogP contribution >= 0.6 is 0 Å². The molecule has 2 heterocycles. The van der Waals surface area contributed by atoms with E-state index in [0.29, 0.717) is 6.04 Å². The Bertz CT molecular complexity index is 249. The molecule has 2 saturated heterocycles. The number of carbonyl (C=O) groups excluding carboxylic acids is 1. The lowest BCUT2D eigenvalue weighted by Crippen LogP contribution is -2.47. The van der Waals surface area contributed by atoms with E-state index < -0.39 is 0 Å². The zero-order valence-electron chi connectivity index (χ0n) is 10.4. The van der Waals surface area contributed by atoms with Crippen molar-refractivity contribution in [2.45, 2.75) is 31.7 Å². The zero-order valence-corrected chi connectivity index (χ0v) is 10.4. The number of piperidine rings is 1. The van der Waals surface area contributed by atoms with E-state index in [1.54, 1.807) is 7.05 Å². The van der Waals surface area contributed by atoms with E-state index in [2.05, 4.69) is 22.2 Å². The fraction of sp³-hybridized carbons (Fsp3) is 0.917. The van der Waals surface area contributed by atoms with Gasteiger partial charge >= 0.3 is 6.03 Å². The standard InChI is InChI=1S/C12H23N3O/c1-13-12(16)15-7-3-4-11(15)10-5-8-14(2)9-6-10/h10-11H,3-9H2,1-2H3,(H,13,16)/t11-/m0/s1. The fourth-order valence-corrected chi connectivity index (χ4v) is 3.09. The van der Waals surface area contributed by atoms with Crippen molar-refractivity contribution in [2.24, 2.45) is 5.92 Å². The predicted octanol–water partition coefficient (Wildman–Crippen LogP) is 1.13. The number of amides is 2. The highest BCUT2D eigenvalue weighted by Gasteiger charge is 2.35. The summed E-state index contributed by atoms with van der Waals surface area (Å²) < 4.78 is 0. The molecule has 0 radical (unpaired) electrons. The van der Waals surface area contributed by atoms with Gasteiger partial charge in [-0.15, -0.1) is 0 Å². The molecule has 1 N–H and O–H groups in total. The van der Waals surface area contributed by atoms with E-state index in [1.807, 2.05) is 0 Å². The molecule has 1 atom stereocenters. The summed E-state index contributed by atoms with van der Waals surface area (Å²) in [5.74, 6) is 0.719. The Hall–Kier alpha value is -0.770. The molecule has 4 heteroatoms. The SMILES string of the molecule is CNC(=O)N1CCC[C@H]1C1CCN(C)CC1. The van der Waals surface area contributed by atoms with Crippen LogP contribution in [0.4, 0.5) is 4.79 Å². The summed E-state index contributed by atoms with van der Waals surface area (Å²) in [5, 5.41) is 2.76. The summed E-state index contributed by atoms with van der Waals surface area (Å²) in [6.45, 7) is 3.31. The first kappa shape index (κ1) is 11.7. The van der Waals surface area contributed by atoms with Crippen molar-refractivity contribution >= 4 is 6.03 Å². The first-order valence-electron chi connectivity index (χ1n) is 6.39. The molecular weight excluding hydrogens is 202 g/mol. The Balaban J connectivity index is 1.94. The molecule has 2 amide bonds. The van der Waals surface area contributed by atoms with Gasteiger partial charge in [0.2, 0.25) is 0 Å². The average molecular weight is 225 g/mol. The summed E-state index contributed by atoms with van der Waals surface area (Å²) in [4.78, 5) is 16.2. The molecule has 0 unspecified atom stereocenters. The van der Waals surface area contributed by atoms with Gasteiger partial charge in [0.05, 0.1) is 0 Å². The summed E-state index contributed by atoms with van der Waals surface area (Å²) >= 11 is 0. The molecule has 0 bridgehead atoms.